The van der Waals surface area contributed by atoms with Gasteiger partial charge in [0.1, 0.15) is 11.4 Å². The minimum absolute atomic E-state index is 0.112. The van der Waals surface area contributed by atoms with Crippen molar-refractivity contribution >= 4 is 35.0 Å². The van der Waals surface area contributed by atoms with Crippen LogP contribution in [0.5, 0.6) is 5.75 Å². The van der Waals surface area contributed by atoms with Gasteiger partial charge in [-0.3, -0.25) is 9.59 Å². The number of anilines is 4. The zero-order chi connectivity index (χ0) is 26.4. The maximum Gasteiger partial charge on any atom is 0.251 e. The highest BCUT2D eigenvalue weighted by molar-refractivity contribution is 6.03. The van der Waals surface area contributed by atoms with Crippen LogP contribution in [0.1, 0.15) is 55.3 Å². The van der Waals surface area contributed by atoms with E-state index in [9.17, 15) is 9.59 Å². The van der Waals surface area contributed by atoms with E-state index in [0.29, 0.717) is 35.5 Å². The number of nitrogens with zero attached hydrogens (tertiary/aromatic N) is 5. The SMILES string of the molecule is COc1cc(C(=O)NC2CN(C)C2)ccc1Nc1ncc2c(n1)N(C1CCCCC1)CC1(CC1)C(=O)N2C. The van der Waals surface area contributed by atoms with E-state index >= 15 is 0 Å². The normalized spacial score (nSPS) is 21.5. The fourth-order valence-corrected chi connectivity index (χ4v) is 6.14. The second-order valence-electron chi connectivity index (χ2n) is 11.4. The fraction of sp³-hybridized carbons (Fsp3) is 0.571. The van der Waals surface area contributed by atoms with Crippen LogP contribution in [-0.4, -0.2) is 79.6 Å². The number of carbonyl (C=O) groups excluding carboxylic acids is 2. The van der Waals surface area contributed by atoms with Gasteiger partial charge >= 0.3 is 0 Å². The highest BCUT2D eigenvalue weighted by Gasteiger charge is 2.55. The topological polar surface area (TPSA) is 103 Å². The first-order chi connectivity index (χ1) is 18.4. The number of nitrogens with one attached hydrogen (secondary N) is 2. The molecule has 0 unspecified atom stereocenters. The quantitative estimate of drug-likeness (QED) is 0.600. The smallest absolute Gasteiger partial charge is 0.251 e. The van der Waals surface area contributed by atoms with Gasteiger partial charge in [-0.05, 0) is 50.9 Å². The third kappa shape index (κ3) is 4.55. The van der Waals surface area contributed by atoms with Gasteiger partial charge in [0.2, 0.25) is 11.9 Å². The molecule has 0 radical (unpaired) electrons. The molecule has 38 heavy (non-hydrogen) atoms. The Kier molecular flexibility index (Phi) is 6.37. The van der Waals surface area contributed by atoms with Gasteiger partial charge in [-0.15, -0.1) is 0 Å². The maximum atomic E-state index is 13.3. The predicted octanol–water partition coefficient (Wildman–Crippen LogP) is 3.17. The maximum absolute atomic E-state index is 13.3. The molecule has 2 N–H and O–H groups in total. The number of hydrogen-bond donors (Lipinski definition) is 2. The zero-order valence-electron chi connectivity index (χ0n) is 22.5. The molecule has 4 aliphatic rings. The monoisotopic (exact) mass is 519 g/mol. The molecule has 202 valence electrons. The molecule has 6 rings (SSSR count). The molecule has 3 fully saturated rings. The Balaban J connectivity index is 1.27. The first-order valence-electron chi connectivity index (χ1n) is 13.7. The van der Waals surface area contributed by atoms with Gasteiger partial charge < -0.3 is 30.1 Å². The Labute approximate surface area is 223 Å². The first-order valence-corrected chi connectivity index (χ1v) is 13.7. The summed E-state index contributed by atoms with van der Waals surface area (Å²) in [6.07, 6.45) is 9.54. The number of benzene rings is 1. The second kappa shape index (κ2) is 9.72. The van der Waals surface area contributed by atoms with Crippen LogP contribution >= 0.6 is 0 Å². The molecule has 2 amide bonds. The van der Waals surface area contributed by atoms with Gasteiger partial charge in [0.25, 0.3) is 5.91 Å². The summed E-state index contributed by atoms with van der Waals surface area (Å²) in [7, 11) is 5.46. The number of fused-ring (bicyclic) bond motifs is 1. The number of ether oxygens (including phenoxy) is 1. The molecule has 0 atom stereocenters. The van der Waals surface area contributed by atoms with Crippen molar-refractivity contribution < 1.29 is 14.3 Å². The Morgan fingerprint density at radius 2 is 1.89 bits per heavy atom. The lowest BCUT2D eigenvalue weighted by Crippen LogP contribution is -2.57. The van der Waals surface area contributed by atoms with Gasteiger partial charge in [0, 0.05) is 38.3 Å². The van der Waals surface area contributed by atoms with E-state index in [1.54, 1.807) is 30.3 Å². The Morgan fingerprint density at radius 3 is 2.58 bits per heavy atom. The third-order valence-electron chi connectivity index (χ3n) is 8.59. The predicted molar refractivity (Wildman–Crippen MR) is 146 cm³/mol. The van der Waals surface area contributed by atoms with Crippen LogP contribution in [0.3, 0.4) is 0 Å². The number of likely N-dealkylation sites (N-methyl/N-ethyl adjacent to an activating group) is 1. The number of amides is 2. The summed E-state index contributed by atoms with van der Waals surface area (Å²) in [5, 5.41) is 6.36. The second-order valence-corrected chi connectivity index (χ2v) is 11.4. The number of aromatic nitrogens is 2. The van der Waals surface area contributed by atoms with Gasteiger partial charge in [0.05, 0.1) is 30.5 Å². The van der Waals surface area contributed by atoms with Crippen LogP contribution in [0.2, 0.25) is 0 Å². The van der Waals surface area contributed by atoms with Crippen molar-refractivity contribution in [2.45, 2.75) is 57.0 Å². The Hall–Kier alpha value is -3.40. The minimum atomic E-state index is -0.297. The number of hydrogen-bond acceptors (Lipinski definition) is 8. The molecule has 10 nitrogen and oxygen atoms in total. The van der Waals surface area contributed by atoms with Crippen molar-refractivity contribution in [1.29, 1.82) is 0 Å². The van der Waals surface area contributed by atoms with E-state index in [1.165, 1.54) is 19.3 Å². The van der Waals surface area contributed by atoms with Crippen LogP contribution in [0.4, 0.5) is 23.1 Å². The van der Waals surface area contributed by atoms with Crippen molar-refractivity contribution in [1.82, 2.24) is 20.2 Å². The number of rotatable bonds is 6. The summed E-state index contributed by atoms with van der Waals surface area (Å²) >= 11 is 0. The highest BCUT2D eigenvalue weighted by Crippen LogP contribution is 2.52. The standard InChI is InChI=1S/C28H37N7O3/c1-33-15-19(16-33)30-25(36)18-9-10-21(23(13-18)38-3)31-27-29-14-22-24(32-27)35(20-7-5-4-6-8-20)17-28(11-12-28)26(37)34(22)2/h9-10,13-14,19-20H,4-8,11-12,15-17H2,1-3H3,(H,30,36)(H,29,31,32). The van der Waals surface area contributed by atoms with Crippen LogP contribution < -0.4 is 25.2 Å². The molecule has 2 aliphatic heterocycles. The summed E-state index contributed by atoms with van der Waals surface area (Å²) in [5.41, 5.74) is 1.68. The van der Waals surface area contributed by atoms with Gasteiger partial charge in [0.15, 0.2) is 5.82 Å². The van der Waals surface area contributed by atoms with Gasteiger partial charge in [-0.25, -0.2) is 4.98 Å². The van der Waals surface area contributed by atoms with Crippen LogP contribution in [0.25, 0.3) is 0 Å². The Morgan fingerprint density at radius 1 is 1.13 bits per heavy atom. The van der Waals surface area contributed by atoms with Crippen molar-refractivity contribution in [2.24, 2.45) is 5.41 Å². The van der Waals surface area contributed by atoms with Gasteiger partial charge in [-0.1, -0.05) is 19.3 Å². The molecule has 1 aromatic heterocycles. The van der Waals surface area contributed by atoms with Crippen LogP contribution in [0, 0.1) is 5.41 Å². The lowest BCUT2D eigenvalue weighted by Gasteiger charge is -2.36. The zero-order valence-corrected chi connectivity index (χ0v) is 22.5. The molecule has 1 saturated heterocycles. The third-order valence-corrected chi connectivity index (χ3v) is 8.59. The molecule has 2 aromatic rings. The average molecular weight is 520 g/mol. The van der Waals surface area contributed by atoms with E-state index in [2.05, 4.69) is 25.4 Å². The summed E-state index contributed by atoms with van der Waals surface area (Å²) in [4.78, 5) is 41.9. The molecular formula is C28H37N7O3. The van der Waals surface area contributed by atoms with E-state index in [0.717, 1.165) is 50.3 Å². The number of likely N-dealkylation sites (tertiary alicyclic amines) is 1. The lowest BCUT2D eigenvalue weighted by molar-refractivity contribution is -0.123. The van der Waals surface area contributed by atoms with E-state index < -0.39 is 0 Å². The highest BCUT2D eigenvalue weighted by atomic mass is 16.5. The Bertz CT molecular complexity index is 1230. The molecular weight excluding hydrogens is 482 g/mol. The molecule has 0 bridgehead atoms. The minimum Gasteiger partial charge on any atom is -0.495 e. The summed E-state index contributed by atoms with van der Waals surface area (Å²) in [6, 6.07) is 5.90. The fourth-order valence-electron chi connectivity index (χ4n) is 6.14. The molecule has 3 heterocycles. The molecule has 2 saturated carbocycles. The van der Waals surface area contributed by atoms with E-state index in [-0.39, 0.29) is 23.3 Å². The molecule has 1 spiro atoms. The summed E-state index contributed by atoms with van der Waals surface area (Å²) in [5.74, 6) is 1.85. The number of methoxy groups -OCH3 is 1. The van der Waals surface area contributed by atoms with E-state index in [4.69, 9.17) is 9.72 Å². The van der Waals surface area contributed by atoms with Crippen molar-refractivity contribution in [3.8, 4) is 5.75 Å². The summed E-state index contributed by atoms with van der Waals surface area (Å²) < 4.78 is 5.62. The average Bonchev–Trinajstić information content (AvgIpc) is 3.72. The molecule has 10 heteroatoms. The molecule has 1 aromatic carbocycles. The number of carbonyl (C=O) groups is 2. The largest absolute Gasteiger partial charge is 0.495 e. The van der Waals surface area contributed by atoms with E-state index in [1.807, 2.05) is 20.2 Å². The van der Waals surface area contributed by atoms with Crippen LogP contribution in [0.15, 0.2) is 24.4 Å². The summed E-state index contributed by atoms with van der Waals surface area (Å²) in [6.45, 7) is 2.43. The van der Waals surface area contributed by atoms with Crippen LogP contribution in [-0.2, 0) is 4.79 Å². The van der Waals surface area contributed by atoms with Gasteiger partial charge in [-0.2, -0.15) is 4.98 Å². The van der Waals surface area contributed by atoms with Crippen molar-refractivity contribution in [3.05, 3.63) is 30.0 Å². The first kappa shape index (κ1) is 24.9. The van der Waals surface area contributed by atoms with Crippen molar-refractivity contribution in [3.63, 3.8) is 0 Å². The molecule has 2 aliphatic carbocycles. The van der Waals surface area contributed by atoms with Crippen molar-refractivity contribution in [2.75, 3.05) is 56.0 Å². The lowest BCUT2D eigenvalue weighted by atomic mass is 9.93.